The Morgan fingerprint density at radius 3 is 2.97 bits per heavy atom. The Labute approximate surface area is 181 Å². The number of carbonyl (C=O) groups is 3. The Bertz CT molecular complexity index is 879. The number of H-pyrrole nitrogens is 1. The molecule has 2 aromatic heterocycles. The Morgan fingerprint density at radius 2 is 2.19 bits per heavy atom. The first-order valence-corrected chi connectivity index (χ1v) is 10.9. The molecule has 1 unspecified atom stereocenters. The molecule has 2 amide bonds. The van der Waals surface area contributed by atoms with Crippen molar-refractivity contribution in [3.63, 3.8) is 0 Å². The Morgan fingerprint density at radius 1 is 1.35 bits per heavy atom. The van der Waals surface area contributed by atoms with Crippen LogP contribution in [0.15, 0.2) is 24.5 Å². The number of nitrogens with one attached hydrogen (secondary N) is 3. The van der Waals surface area contributed by atoms with Crippen LogP contribution in [0.5, 0.6) is 0 Å². The maximum absolute atomic E-state index is 12.8. The van der Waals surface area contributed by atoms with Gasteiger partial charge in [0.05, 0.1) is 25.6 Å². The van der Waals surface area contributed by atoms with Crippen molar-refractivity contribution in [3.8, 4) is 0 Å². The summed E-state index contributed by atoms with van der Waals surface area (Å²) in [4.78, 5) is 46.3. The van der Waals surface area contributed by atoms with Gasteiger partial charge >= 0.3 is 5.97 Å². The van der Waals surface area contributed by atoms with Crippen molar-refractivity contribution >= 4 is 28.7 Å². The number of pyridine rings is 1. The van der Waals surface area contributed by atoms with Crippen LogP contribution in [0.2, 0.25) is 0 Å². The smallest absolute Gasteiger partial charge is 0.307 e. The van der Waals surface area contributed by atoms with Gasteiger partial charge < -0.3 is 20.4 Å². The van der Waals surface area contributed by atoms with Gasteiger partial charge in [-0.2, -0.15) is 0 Å². The van der Waals surface area contributed by atoms with Crippen molar-refractivity contribution in [2.24, 2.45) is 0 Å². The fourth-order valence-corrected chi connectivity index (χ4v) is 3.86. The zero-order valence-corrected chi connectivity index (χ0v) is 18.1. The number of hydrogen-bond donors (Lipinski definition) is 3. The van der Waals surface area contributed by atoms with E-state index in [4.69, 9.17) is 4.74 Å². The second-order valence-electron chi connectivity index (χ2n) is 7.81. The lowest BCUT2D eigenvalue weighted by Gasteiger charge is -2.34. The number of hydrogen-bond acceptors (Lipinski definition) is 6. The van der Waals surface area contributed by atoms with E-state index in [2.05, 4.69) is 20.6 Å². The third kappa shape index (κ3) is 6.27. The molecule has 0 saturated carbocycles. The summed E-state index contributed by atoms with van der Waals surface area (Å²) in [7, 11) is 0. The molecule has 9 nitrogen and oxygen atoms in total. The van der Waals surface area contributed by atoms with E-state index in [9.17, 15) is 14.4 Å². The molecule has 168 valence electrons. The predicted octanol–water partition coefficient (Wildman–Crippen LogP) is 1.49. The number of aromatic nitrogens is 2. The monoisotopic (exact) mass is 429 g/mol. The number of amides is 2. The molecule has 1 aliphatic heterocycles. The van der Waals surface area contributed by atoms with Crippen LogP contribution in [0.1, 0.15) is 45.2 Å². The van der Waals surface area contributed by atoms with E-state index in [-0.39, 0.29) is 30.2 Å². The van der Waals surface area contributed by atoms with Crippen LogP contribution >= 0.6 is 0 Å². The number of carbonyl (C=O) groups excluding carboxylic acids is 3. The number of likely N-dealkylation sites (tertiary alicyclic amines) is 1. The van der Waals surface area contributed by atoms with Crippen LogP contribution in [0.25, 0.3) is 10.9 Å². The Kier molecular flexibility index (Phi) is 8.00. The Balaban J connectivity index is 1.49. The van der Waals surface area contributed by atoms with E-state index in [1.165, 1.54) is 0 Å². The van der Waals surface area contributed by atoms with Crippen LogP contribution in [0.4, 0.5) is 0 Å². The zero-order valence-electron chi connectivity index (χ0n) is 18.1. The third-order valence-electron chi connectivity index (χ3n) is 5.51. The quantitative estimate of drug-likeness (QED) is 0.520. The van der Waals surface area contributed by atoms with Gasteiger partial charge in [-0.05, 0) is 45.4 Å². The summed E-state index contributed by atoms with van der Waals surface area (Å²) in [6.07, 6.45) is 6.38. The van der Waals surface area contributed by atoms with E-state index in [0.717, 1.165) is 36.0 Å². The SMILES string of the molecule is CCOC(=O)CCN1CCCC[C@@H]1C(=O)NC(C)C(=O)NCc1cc2cnccc2[nH]1. The number of piperidine rings is 1. The maximum Gasteiger partial charge on any atom is 0.307 e. The highest BCUT2D eigenvalue weighted by Crippen LogP contribution is 2.18. The summed E-state index contributed by atoms with van der Waals surface area (Å²) in [5.74, 6) is -0.686. The van der Waals surface area contributed by atoms with Gasteiger partial charge in [0.2, 0.25) is 11.8 Å². The fourth-order valence-electron chi connectivity index (χ4n) is 3.86. The molecular weight excluding hydrogens is 398 g/mol. The molecule has 0 spiro atoms. The number of rotatable bonds is 9. The highest BCUT2D eigenvalue weighted by atomic mass is 16.5. The first-order chi connectivity index (χ1) is 15.0. The minimum absolute atomic E-state index is 0.178. The number of ether oxygens (including phenoxy) is 1. The summed E-state index contributed by atoms with van der Waals surface area (Å²) in [5, 5.41) is 6.66. The van der Waals surface area contributed by atoms with Crippen LogP contribution in [-0.2, 0) is 25.7 Å². The third-order valence-corrected chi connectivity index (χ3v) is 5.51. The Hall–Kier alpha value is -2.94. The summed E-state index contributed by atoms with van der Waals surface area (Å²) in [6, 6.07) is 2.82. The van der Waals surface area contributed by atoms with E-state index >= 15 is 0 Å². The van der Waals surface area contributed by atoms with Crippen LogP contribution in [-0.4, -0.2) is 64.4 Å². The molecule has 2 atom stereocenters. The molecule has 9 heteroatoms. The minimum atomic E-state index is -0.660. The van der Waals surface area contributed by atoms with Gasteiger partial charge in [0.15, 0.2) is 0 Å². The molecule has 3 rings (SSSR count). The number of esters is 1. The number of nitrogens with zero attached hydrogens (tertiary/aromatic N) is 2. The van der Waals surface area contributed by atoms with E-state index in [1.807, 2.05) is 17.0 Å². The molecule has 31 heavy (non-hydrogen) atoms. The van der Waals surface area contributed by atoms with Gasteiger partial charge in [0, 0.05) is 35.5 Å². The van der Waals surface area contributed by atoms with Gasteiger partial charge in [-0.15, -0.1) is 0 Å². The van der Waals surface area contributed by atoms with Crippen LogP contribution < -0.4 is 10.6 Å². The molecule has 1 aliphatic rings. The molecule has 0 aromatic carbocycles. The largest absolute Gasteiger partial charge is 0.466 e. The fraction of sp³-hybridized carbons (Fsp3) is 0.545. The normalized spacial score (nSPS) is 17.8. The molecule has 0 bridgehead atoms. The standard InChI is InChI=1S/C22H31N5O4/c1-3-31-20(28)8-11-27-10-5-4-6-19(27)22(30)25-15(2)21(29)24-14-17-12-16-13-23-9-7-18(16)26-17/h7,9,12-13,15,19,26H,3-6,8,10-11,14H2,1-2H3,(H,24,29)(H,25,30)/t15?,19-/m1/s1. The second kappa shape index (κ2) is 10.9. The molecule has 0 radical (unpaired) electrons. The van der Waals surface area contributed by atoms with E-state index < -0.39 is 6.04 Å². The van der Waals surface area contributed by atoms with Crippen molar-refractivity contribution in [2.75, 3.05) is 19.7 Å². The summed E-state index contributed by atoms with van der Waals surface area (Å²) in [6.45, 7) is 5.37. The van der Waals surface area contributed by atoms with Crippen LogP contribution in [0, 0.1) is 0 Å². The lowest BCUT2D eigenvalue weighted by molar-refractivity contribution is -0.144. The molecular formula is C22H31N5O4. The molecule has 2 aromatic rings. The first-order valence-electron chi connectivity index (χ1n) is 10.9. The second-order valence-corrected chi connectivity index (χ2v) is 7.81. The minimum Gasteiger partial charge on any atom is -0.466 e. The van der Waals surface area contributed by atoms with Gasteiger partial charge in [0.1, 0.15) is 6.04 Å². The topological polar surface area (TPSA) is 116 Å². The summed E-state index contributed by atoms with van der Waals surface area (Å²) >= 11 is 0. The predicted molar refractivity (Wildman–Crippen MR) is 116 cm³/mol. The highest BCUT2D eigenvalue weighted by Gasteiger charge is 2.30. The van der Waals surface area contributed by atoms with E-state index in [1.54, 1.807) is 26.2 Å². The zero-order chi connectivity index (χ0) is 22.2. The lowest BCUT2D eigenvalue weighted by atomic mass is 10.0. The molecule has 3 heterocycles. The van der Waals surface area contributed by atoms with Crippen molar-refractivity contribution in [2.45, 2.75) is 58.2 Å². The molecule has 1 fully saturated rings. The maximum atomic E-state index is 12.8. The summed E-state index contributed by atoms with van der Waals surface area (Å²) < 4.78 is 4.98. The van der Waals surface area contributed by atoms with Crippen LogP contribution in [0.3, 0.4) is 0 Å². The van der Waals surface area contributed by atoms with Gasteiger partial charge in [-0.25, -0.2) is 0 Å². The van der Waals surface area contributed by atoms with Gasteiger partial charge in [-0.3, -0.25) is 24.3 Å². The van der Waals surface area contributed by atoms with Gasteiger partial charge in [-0.1, -0.05) is 6.42 Å². The van der Waals surface area contributed by atoms with Crippen molar-refractivity contribution < 1.29 is 19.1 Å². The number of aromatic amines is 1. The average Bonchev–Trinajstić information content (AvgIpc) is 3.19. The van der Waals surface area contributed by atoms with Crippen molar-refractivity contribution in [1.82, 2.24) is 25.5 Å². The molecule has 1 saturated heterocycles. The summed E-state index contributed by atoms with van der Waals surface area (Å²) in [5.41, 5.74) is 1.83. The van der Waals surface area contributed by atoms with E-state index in [0.29, 0.717) is 26.1 Å². The average molecular weight is 430 g/mol. The lowest BCUT2D eigenvalue weighted by Crippen LogP contribution is -2.54. The first kappa shape index (κ1) is 22.7. The van der Waals surface area contributed by atoms with Gasteiger partial charge in [0.25, 0.3) is 0 Å². The highest BCUT2D eigenvalue weighted by molar-refractivity contribution is 5.89. The molecule has 3 N–H and O–H groups in total. The van der Waals surface area contributed by atoms with Crippen molar-refractivity contribution in [1.29, 1.82) is 0 Å². The van der Waals surface area contributed by atoms with Crippen molar-refractivity contribution in [3.05, 3.63) is 30.2 Å². The number of fused-ring (bicyclic) bond motifs is 1. The molecule has 0 aliphatic carbocycles.